The van der Waals surface area contributed by atoms with Crippen LogP contribution in [-0.2, 0) is 6.42 Å². The molecule has 14 heavy (non-hydrogen) atoms. The Kier molecular flexibility index (Phi) is 2.77. The number of fused-ring (bicyclic) bond motifs is 1. The fraction of sp³-hybridized carbons (Fsp3) is 0.455. The van der Waals surface area contributed by atoms with E-state index in [-0.39, 0.29) is 6.04 Å². The largest absolute Gasteiger partial charge is 0.387 e. The number of aliphatic hydroxyl groups is 1. The van der Waals surface area contributed by atoms with Crippen molar-refractivity contribution >= 4 is 11.6 Å². The molecule has 0 heterocycles. The summed E-state index contributed by atoms with van der Waals surface area (Å²) in [6.45, 7) is 0. The predicted octanol–water partition coefficient (Wildman–Crippen LogP) is 2.04. The topological polar surface area (TPSA) is 46.2 Å². The van der Waals surface area contributed by atoms with Crippen LogP contribution in [0.15, 0.2) is 18.2 Å². The minimum Gasteiger partial charge on any atom is -0.387 e. The van der Waals surface area contributed by atoms with E-state index in [0.717, 1.165) is 35.4 Å². The lowest BCUT2D eigenvalue weighted by molar-refractivity contribution is 0.144. The third-order valence-electron chi connectivity index (χ3n) is 2.81. The highest BCUT2D eigenvalue weighted by Gasteiger charge is 2.22. The summed E-state index contributed by atoms with van der Waals surface area (Å²) >= 11 is 5.90. The summed E-state index contributed by atoms with van der Waals surface area (Å²) in [5, 5.41) is 10.7. The highest BCUT2D eigenvalue weighted by molar-refractivity contribution is 6.30. The molecular formula is C11H14ClNO. The molecule has 0 unspecified atom stereocenters. The molecule has 1 aliphatic carbocycles. The van der Waals surface area contributed by atoms with Crippen LogP contribution in [0.4, 0.5) is 0 Å². The molecule has 2 nitrogen and oxygen atoms in total. The number of hydrogen-bond donors (Lipinski definition) is 2. The van der Waals surface area contributed by atoms with Gasteiger partial charge < -0.3 is 10.8 Å². The molecule has 0 fully saturated rings. The average Bonchev–Trinajstić information content (AvgIpc) is 2.28. The highest BCUT2D eigenvalue weighted by Crippen LogP contribution is 2.29. The van der Waals surface area contributed by atoms with E-state index >= 15 is 0 Å². The molecule has 76 valence electrons. The van der Waals surface area contributed by atoms with Gasteiger partial charge in [0.05, 0.1) is 6.10 Å². The molecule has 2 atom stereocenters. The van der Waals surface area contributed by atoms with Crippen LogP contribution in [0.3, 0.4) is 0 Å². The number of rotatable bonds is 0. The maximum Gasteiger partial charge on any atom is 0.0943 e. The van der Waals surface area contributed by atoms with Crippen molar-refractivity contribution in [2.75, 3.05) is 0 Å². The summed E-state index contributed by atoms with van der Waals surface area (Å²) in [4.78, 5) is 0. The number of hydrogen-bond acceptors (Lipinski definition) is 2. The molecule has 0 radical (unpaired) electrons. The maximum atomic E-state index is 9.93. The molecule has 0 spiro atoms. The van der Waals surface area contributed by atoms with E-state index in [2.05, 4.69) is 0 Å². The molecular weight excluding hydrogens is 198 g/mol. The molecule has 0 aromatic heterocycles. The molecule has 1 aromatic carbocycles. The first-order valence-electron chi connectivity index (χ1n) is 4.90. The summed E-state index contributed by atoms with van der Waals surface area (Å²) in [6, 6.07) is 5.48. The van der Waals surface area contributed by atoms with E-state index in [1.165, 1.54) is 0 Å². The lowest BCUT2D eigenvalue weighted by atomic mass is 9.99. The summed E-state index contributed by atoms with van der Waals surface area (Å²) in [6.07, 6.45) is 2.31. The first-order chi connectivity index (χ1) is 6.68. The van der Waals surface area contributed by atoms with Gasteiger partial charge in [0.15, 0.2) is 0 Å². The predicted molar refractivity (Wildman–Crippen MR) is 57.3 cm³/mol. The Morgan fingerprint density at radius 1 is 1.43 bits per heavy atom. The average molecular weight is 212 g/mol. The molecule has 0 aliphatic heterocycles. The van der Waals surface area contributed by atoms with Crippen LogP contribution in [0.2, 0.25) is 5.02 Å². The Labute approximate surface area is 88.7 Å². The van der Waals surface area contributed by atoms with E-state index in [1.807, 2.05) is 18.2 Å². The molecule has 1 aromatic rings. The van der Waals surface area contributed by atoms with Crippen molar-refractivity contribution in [3.05, 3.63) is 34.3 Å². The van der Waals surface area contributed by atoms with Crippen LogP contribution in [0.5, 0.6) is 0 Å². The molecule has 2 rings (SSSR count). The second-order valence-corrected chi connectivity index (χ2v) is 4.28. The zero-order chi connectivity index (χ0) is 10.1. The van der Waals surface area contributed by atoms with Crippen LogP contribution in [0, 0.1) is 0 Å². The van der Waals surface area contributed by atoms with Gasteiger partial charge in [-0.2, -0.15) is 0 Å². The van der Waals surface area contributed by atoms with Crippen molar-refractivity contribution in [1.82, 2.24) is 0 Å². The number of nitrogens with two attached hydrogens (primary N) is 1. The number of aryl methyl sites for hydroxylation is 1. The van der Waals surface area contributed by atoms with Gasteiger partial charge in [-0.3, -0.25) is 0 Å². The molecule has 0 bridgehead atoms. The van der Waals surface area contributed by atoms with Gasteiger partial charge in [-0.1, -0.05) is 17.7 Å². The van der Waals surface area contributed by atoms with Gasteiger partial charge in [0.2, 0.25) is 0 Å². The molecule has 3 N–H and O–H groups in total. The van der Waals surface area contributed by atoms with Crippen molar-refractivity contribution < 1.29 is 5.11 Å². The third kappa shape index (κ3) is 1.78. The third-order valence-corrected chi connectivity index (χ3v) is 3.05. The Morgan fingerprint density at radius 3 is 3.00 bits per heavy atom. The molecule has 0 saturated carbocycles. The van der Waals surface area contributed by atoms with Gasteiger partial charge in [0.1, 0.15) is 0 Å². The maximum absolute atomic E-state index is 9.93. The Bertz CT molecular complexity index is 340. The highest BCUT2D eigenvalue weighted by atomic mass is 35.5. The minimum absolute atomic E-state index is 0.141. The summed E-state index contributed by atoms with van der Waals surface area (Å²) in [5.74, 6) is 0. The van der Waals surface area contributed by atoms with E-state index in [0.29, 0.717) is 0 Å². The van der Waals surface area contributed by atoms with Gasteiger partial charge in [0, 0.05) is 11.1 Å². The van der Waals surface area contributed by atoms with Crippen molar-refractivity contribution in [2.45, 2.75) is 31.4 Å². The van der Waals surface area contributed by atoms with Gasteiger partial charge in [-0.25, -0.2) is 0 Å². The Morgan fingerprint density at radius 2 is 2.21 bits per heavy atom. The second-order valence-electron chi connectivity index (χ2n) is 3.84. The van der Waals surface area contributed by atoms with Crippen LogP contribution in [-0.4, -0.2) is 11.1 Å². The van der Waals surface area contributed by atoms with Crippen molar-refractivity contribution in [3.63, 3.8) is 0 Å². The fourth-order valence-corrected chi connectivity index (χ4v) is 2.19. The molecule has 3 heteroatoms. The van der Waals surface area contributed by atoms with E-state index < -0.39 is 6.10 Å². The quantitative estimate of drug-likeness (QED) is 0.646. The van der Waals surface area contributed by atoms with Gasteiger partial charge in [-0.05, 0) is 42.5 Å². The van der Waals surface area contributed by atoms with Gasteiger partial charge >= 0.3 is 0 Å². The fourth-order valence-electron chi connectivity index (χ4n) is 2.00. The van der Waals surface area contributed by atoms with Gasteiger partial charge in [-0.15, -0.1) is 0 Å². The number of benzene rings is 1. The minimum atomic E-state index is -0.537. The van der Waals surface area contributed by atoms with Crippen LogP contribution in [0.25, 0.3) is 0 Å². The summed E-state index contributed by atoms with van der Waals surface area (Å²) in [7, 11) is 0. The van der Waals surface area contributed by atoms with Crippen LogP contribution >= 0.6 is 11.6 Å². The number of aliphatic hydroxyl groups excluding tert-OH is 1. The Balaban J connectivity index is 2.43. The number of halogens is 1. The van der Waals surface area contributed by atoms with Gasteiger partial charge in [0.25, 0.3) is 0 Å². The smallest absolute Gasteiger partial charge is 0.0943 e. The summed E-state index contributed by atoms with van der Waals surface area (Å²) < 4.78 is 0. The molecule has 0 amide bonds. The van der Waals surface area contributed by atoms with Crippen LogP contribution < -0.4 is 5.73 Å². The van der Waals surface area contributed by atoms with E-state index in [1.54, 1.807) is 0 Å². The normalized spacial score (nSPS) is 26.8. The first-order valence-corrected chi connectivity index (χ1v) is 5.28. The zero-order valence-corrected chi connectivity index (χ0v) is 8.67. The zero-order valence-electron chi connectivity index (χ0n) is 7.91. The van der Waals surface area contributed by atoms with Crippen molar-refractivity contribution in [2.24, 2.45) is 5.73 Å². The molecule has 1 aliphatic rings. The Hall–Kier alpha value is -0.570. The standard InChI is InChI=1S/C11H14ClNO/c12-8-4-5-9-7(6-8)2-1-3-10(13)11(9)14/h4-6,10-11,14H,1-3,13H2/t10-,11+/m0/s1. The van der Waals surface area contributed by atoms with Crippen molar-refractivity contribution in [1.29, 1.82) is 0 Å². The van der Waals surface area contributed by atoms with E-state index in [4.69, 9.17) is 17.3 Å². The lowest BCUT2D eigenvalue weighted by Gasteiger charge is -2.17. The second kappa shape index (κ2) is 3.89. The SMILES string of the molecule is N[C@H]1CCCc2cc(Cl)ccc2[C@H]1O. The molecule has 0 saturated heterocycles. The first kappa shape index (κ1) is 9.97. The monoisotopic (exact) mass is 211 g/mol. The lowest BCUT2D eigenvalue weighted by Crippen LogP contribution is -2.27. The van der Waals surface area contributed by atoms with Crippen molar-refractivity contribution in [3.8, 4) is 0 Å². The van der Waals surface area contributed by atoms with E-state index in [9.17, 15) is 5.11 Å². The summed E-state index contributed by atoms with van der Waals surface area (Å²) in [5.41, 5.74) is 7.93. The van der Waals surface area contributed by atoms with Crippen LogP contribution in [0.1, 0.15) is 30.1 Å².